The maximum atomic E-state index is 9.94. The van der Waals surface area contributed by atoms with Crippen molar-refractivity contribution in [3.63, 3.8) is 0 Å². The number of fused-ring (bicyclic) bond motifs is 2. The van der Waals surface area contributed by atoms with Gasteiger partial charge < -0.3 is 5.11 Å². The highest BCUT2D eigenvalue weighted by molar-refractivity contribution is 5.14. The summed E-state index contributed by atoms with van der Waals surface area (Å²) in [5.74, 6) is 1.24. The lowest BCUT2D eigenvalue weighted by atomic mass is 9.77. The number of hydrogen-bond acceptors (Lipinski definition) is 1. The highest BCUT2D eigenvalue weighted by Gasteiger charge is 2.43. The molecule has 1 N–H and O–H groups in total. The van der Waals surface area contributed by atoms with Crippen LogP contribution in [0, 0.1) is 11.8 Å². The van der Waals surface area contributed by atoms with Crippen LogP contribution < -0.4 is 0 Å². The van der Waals surface area contributed by atoms with E-state index >= 15 is 0 Å². The van der Waals surface area contributed by atoms with Crippen LogP contribution in [0.4, 0.5) is 0 Å². The Morgan fingerprint density at radius 3 is 3.00 bits per heavy atom. The van der Waals surface area contributed by atoms with Crippen LogP contribution in [0.3, 0.4) is 0 Å². The van der Waals surface area contributed by atoms with Crippen LogP contribution in [-0.4, -0.2) is 10.7 Å². The first-order valence-electron chi connectivity index (χ1n) is 4.49. The third-order valence-electron chi connectivity index (χ3n) is 3.53. The fraction of sp³-hybridized carbons (Fsp3) is 0.800. The molecule has 0 aromatic carbocycles. The van der Waals surface area contributed by atoms with Gasteiger partial charge in [0.05, 0.1) is 5.60 Å². The van der Waals surface area contributed by atoms with Crippen molar-refractivity contribution < 1.29 is 5.11 Å². The molecule has 0 saturated heterocycles. The lowest BCUT2D eigenvalue weighted by molar-refractivity contribution is -0.0254. The van der Waals surface area contributed by atoms with Gasteiger partial charge >= 0.3 is 0 Å². The fourth-order valence-corrected chi connectivity index (χ4v) is 2.54. The standard InChI is InChI=1S/C10H16O/c1-7-5-9-6-8(7)3-4-10(9,2)11/h8-9,11H,1,3-6H2,2H3. The summed E-state index contributed by atoms with van der Waals surface area (Å²) in [7, 11) is 0. The molecule has 0 aromatic rings. The van der Waals surface area contributed by atoms with Crippen LogP contribution in [0.5, 0.6) is 0 Å². The van der Waals surface area contributed by atoms with Gasteiger partial charge in [0.1, 0.15) is 0 Å². The monoisotopic (exact) mass is 152 g/mol. The summed E-state index contributed by atoms with van der Waals surface area (Å²) in [4.78, 5) is 0. The SMILES string of the molecule is C=C1CC2CC1CCC2(C)O. The van der Waals surface area contributed by atoms with Gasteiger partial charge in [-0.1, -0.05) is 12.2 Å². The van der Waals surface area contributed by atoms with E-state index in [9.17, 15) is 5.11 Å². The normalized spacial score (nSPS) is 49.8. The van der Waals surface area contributed by atoms with Gasteiger partial charge in [-0.05, 0) is 44.4 Å². The minimum Gasteiger partial charge on any atom is -0.390 e. The summed E-state index contributed by atoms with van der Waals surface area (Å²) in [5.41, 5.74) is 0.989. The van der Waals surface area contributed by atoms with E-state index < -0.39 is 5.60 Å². The van der Waals surface area contributed by atoms with E-state index in [0.717, 1.165) is 25.2 Å². The topological polar surface area (TPSA) is 20.2 Å². The first-order chi connectivity index (χ1) is 5.09. The zero-order valence-electron chi connectivity index (χ0n) is 7.14. The molecule has 0 aromatic heterocycles. The molecule has 0 aliphatic heterocycles. The van der Waals surface area contributed by atoms with Gasteiger partial charge in [-0.3, -0.25) is 0 Å². The summed E-state index contributed by atoms with van der Waals surface area (Å²) in [6.07, 6.45) is 4.38. The number of hydrogen-bond donors (Lipinski definition) is 1. The molecule has 11 heavy (non-hydrogen) atoms. The van der Waals surface area contributed by atoms with E-state index in [1.165, 1.54) is 12.0 Å². The minimum absolute atomic E-state index is 0.393. The largest absolute Gasteiger partial charge is 0.390 e. The van der Waals surface area contributed by atoms with Gasteiger partial charge in [-0.25, -0.2) is 0 Å². The van der Waals surface area contributed by atoms with Gasteiger partial charge in [-0.2, -0.15) is 0 Å². The van der Waals surface area contributed by atoms with Crippen LogP contribution in [0.15, 0.2) is 12.2 Å². The van der Waals surface area contributed by atoms with Crippen molar-refractivity contribution >= 4 is 0 Å². The molecule has 2 aliphatic carbocycles. The molecule has 1 nitrogen and oxygen atoms in total. The summed E-state index contributed by atoms with van der Waals surface area (Å²) < 4.78 is 0. The Morgan fingerprint density at radius 2 is 2.36 bits per heavy atom. The molecule has 3 atom stereocenters. The quantitative estimate of drug-likeness (QED) is 0.527. The van der Waals surface area contributed by atoms with Crippen molar-refractivity contribution in [3.8, 4) is 0 Å². The first kappa shape index (κ1) is 7.35. The maximum absolute atomic E-state index is 9.94. The van der Waals surface area contributed by atoms with E-state index in [2.05, 4.69) is 6.58 Å². The Bertz CT molecular complexity index is 193. The Hall–Kier alpha value is -0.300. The smallest absolute Gasteiger partial charge is 0.0651 e. The molecule has 3 unspecified atom stereocenters. The van der Waals surface area contributed by atoms with Crippen LogP contribution in [0.25, 0.3) is 0 Å². The molecule has 2 saturated carbocycles. The number of rotatable bonds is 0. The van der Waals surface area contributed by atoms with E-state index in [1.807, 2.05) is 6.92 Å². The first-order valence-corrected chi connectivity index (χ1v) is 4.49. The predicted molar refractivity (Wildman–Crippen MR) is 45.2 cm³/mol. The third-order valence-corrected chi connectivity index (χ3v) is 3.53. The van der Waals surface area contributed by atoms with Crippen molar-refractivity contribution in [2.24, 2.45) is 11.8 Å². The molecular weight excluding hydrogens is 136 g/mol. The summed E-state index contributed by atoms with van der Waals surface area (Å²) in [5, 5.41) is 9.94. The molecule has 0 heterocycles. The summed E-state index contributed by atoms with van der Waals surface area (Å²) >= 11 is 0. The van der Waals surface area contributed by atoms with Gasteiger partial charge in [0, 0.05) is 0 Å². The highest BCUT2D eigenvalue weighted by atomic mass is 16.3. The van der Waals surface area contributed by atoms with Gasteiger partial charge in [0.15, 0.2) is 0 Å². The third kappa shape index (κ3) is 1.02. The van der Waals surface area contributed by atoms with Crippen LogP contribution in [-0.2, 0) is 0 Å². The minimum atomic E-state index is -0.393. The highest BCUT2D eigenvalue weighted by Crippen LogP contribution is 2.49. The second-order valence-electron chi connectivity index (χ2n) is 4.39. The molecule has 0 spiro atoms. The zero-order chi connectivity index (χ0) is 8.06. The Morgan fingerprint density at radius 1 is 1.64 bits per heavy atom. The van der Waals surface area contributed by atoms with Crippen molar-refractivity contribution in [3.05, 3.63) is 12.2 Å². The van der Waals surface area contributed by atoms with E-state index in [1.54, 1.807) is 0 Å². The van der Waals surface area contributed by atoms with E-state index in [-0.39, 0.29) is 0 Å². The molecule has 0 amide bonds. The average molecular weight is 152 g/mol. The van der Waals surface area contributed by atoms with Gasteiger partial charge in [0.25, 0.3) is 0 Å². The summed E-state index contributed by atoms with van der Waals surface area (Å²) in [6.45, 7) is 6.03. The van der Waals surface area contributed by atoms with E-state index in [4.69, 9.17) is 0 Å². The maximum Gasteiger partial charge on any atom is 0.0651 e. The lowest BCUT2D eigenvalue weighted by Crippen LogP contribution is -2.35. The number of allylic oxidation sites excluding steroid dienone is 1. The molecule has 62 valence electrons. The molecular formula is C10H16O. The zero-order valence-corrected chi connectivity index (χ0v) is 7.14. The molecule has 0 radical (unpaired) electrons. The van der Waals surface area contributed by atoms with E-state index in [0.29, 0.717) is 5.92 Å². The van der Waals surface area contributed by atoms with Gasteiger partial charge in [0.2, 0.25) is 0 Å². The van der Waals surface area contributed by atoms with Crippen molar-refractivity contribution in [2.75, 3.05) is 0 Å². The van der Waals surface area contributed by atoms with Gasteiger partial charge in [-0.15, -0.1) is 0 Å². The second-order valence-corrected chi connectivity index (χ2v) is 4.39. The fourth-order valence-electron chi connectivity index (χ4n) is 2.54. The second kappa shape index (κ2) is 2.10. The molecule has 2 aliphatic rings. The summed E-state index contributed by atoms with van der Waals surface area (Å²) in [6, 6.07) is 0. The molecule has 1 heteroatoms. The van der Waals surface area contributed by atoms with Crippen LogP contribution in [0.1, 0.15) is 32.6 Å². The van der Waals surface area contributed by atoms with Crippen molar-refractivity contribution in [1.82, 2.24) is 0 Å². The Balaban J connectivity index is 2.21. The average Bonchev–Trinajstić information content (AvgIpc) is 2.23. The Labute approximate surface area is 68.1 Å². The van der Waals surface area contributed by atoms with Crippen LogP contribution >= 0.6 is 0 Å². The van der Waals surface area contributed by atoms with Crippen molar-refractivity contribution in [2.45, 2.75) is 38.2 Å². The molecule has 2 rings (SSSR count). The predicted octanol–water partition coefficient (Wildman–Crippen LogP) is 2.11. The lowest BCUT2D eigenvalue weighted by Gasteiger charge is -2.34. The molecule has 2 fully saturated rings. The Kier molecular flexibility index (Phi) is 1.40. The molecule has 2 bridgehead atoms. The van der Waals surface area contributed by atoms with Crippen LogP contribution in [0.2, 0.25) is 0 Å². The van der Waals surface area contributed by atoms with Crippen molar-refractivity contribution in [1.29, 1.82) is 0 Å². The number of aliphatic hydroxyl groups is 1.